The van der Waals surface area contributed by atoms with Crippen LogP contribution >= 0.6 is 0 Å². The van der Waals surface area contributed by atoms with Crippen molar-refractivity contribution >= 4 is 16.3 Å². The first-order valence-corrected chi connectivity index (χ1v) is 5.46. The monoisotopic (exact) mass is 225 g/mol. The minimum Gasteiger partial charge on any atom is -0.452 e. The smallest absolute Gasteiger partial charge is 0.421 e. The Balaban J connectivity index is 3.91. The van der Waals surface area contributed by atoms with Gasteiger partial charge in [-0.05, 0) is 13.3 Å². The lowest BCUT2D eigenvalue weighted by molar-refractivity contribution is 0.177. The molecular formula is C6H15N3O4S. The van der Waals surface area contributed by atoms with E-state index in [-0.39, 0.29) is 12.6 Å². The van der Waals surface area contributed by atoms with Gasteiger partial charge in [0.25, 0.3) is 0 Å². The summed E-state index contributed by atoms with van der Waals surface area (Å²) >= 11 is 0. The van der Waals surface area contributed by atoms with Crippen molar-refractivity contribution in [2.75, 3.05) is 13.7 Å². The van der Waals surface area contributed by atoms with Gasteiger partial charge >= 0.3 is 16.3 Å². The van der Waals surface area contributed by atoms with Crippen molar-refractivity contribution in [3.05, 3.63) is 0 Å². The molecule has 84 valence electrons. The summed E-state index contributed by atoms with van der Waals surface area (Å²) in [6.07, 6.45) is -0.541. The van der Waals surface area contributed by atoms with Gasteiger partial charge in [-0.2, -0.15) is 13.1 Å². The van der Waals surface area contributed by atoms with Crippen LogP contribution in [0, 0.1) is 0 Å². The number of carbonyl (C=O) groups is 1. The van der Waals surface area contributed by atoms with Crippen LogP contribution in [0.5, 0.6) is 0 Å². The lowest BCUT2D eigenvalue weighted by Gasteiger charge is -2.08. The Hall–Kier alpha value is -0.860. The minimum atomic E-state index is -3.82. The first-order valence-electron chi connectivity index (χ1n) is 3.98. The summed E-state index contributed by atoms with van der Waals surface area (Å²) in [7, 11) is -2.74. The lowest BCUT2D eigenvalue weighted by atomic mass is 10.3. The molecule has 0 aromatic rings. The Morgan fingerprint density at radius 1 is 1.57 bits per heavy atom. The van der Waals surface area contributed by atoms with Gasteiger partial charge in [-0.15, -0.1) is 0 Å². The molecule has 0 bridgehead atoms. The Morgan fingerprint density at radius 3 is 2.57 bits per heavy atom. The minimum absolute atomic E-state index is 0.101. The fraction of sp³-hybridized carbons (Fsp3) is 0.833. The Bertz CT molecular complexity index is 275. The zero-order valence-electron chi connectivity index (χ0n) is 8.11. The topological polar surface area (TPSA) is 111 Å². The second kappa shape index (κ2) is 5.78. The van der Waals surface area contributed by atoms with Crippen LogP contribution in [0.15, 0.2) is 0 Å². The molecule has 1 unspecified atom stereocenters. The van der Waals surface area contributed by atoms with E-state index in [4.69, 9.17) is 5.73 Å². The van der Waals surface area contributed by atoms with E-state index in [1.807, 2.05) is 0 Å². The number of nitrogens with one attached hydrogen (secondary N) is 2. The van der Waals surface area contributed by atoms with E-state index >= 15 is 0 Å². The van der Waals surface area contributed by atoms with Gasteiger partial charge in [0.05, 0.1) is 7.11 Å². The number of amides is 1. The summed E-state index contributed by atoms with van der Waals surface area (Å²) in [6, 6.07) is -0.101. The van der Waals surface area contributed by atoms with Gasteiger partial charge in [0.2, 0.25) is 0 Å². The Morgan fingerprint density at radius 2 is 2.14 bits per heavy atom. The van der Waals surface area contributed by atoms with E-state index in [0.717, 1.165) is 7.11 Å². The number of ether oxygens (including phenoxy) is 1. The van der Waals surface area contributed by atoms with Gasteiger partial charge in [0.15, 0.2) is 0 Å². The molecule has 0 aliphatic rings. The third kappa shape index (κ3) is 6.63. The molecule has 4 N–H and O–H groups in total. The third-order valence-corrected chi connectivity index (χ3v) is 2.31. The largest absolute Gasteiger partial charge is 0.452 e. The van der Waals surface area contributed by atoms with Gasteiger partial charge in [-0.3, -0.25) is 0 Å². The SMILES string of the molecule is COC(=O)NS(=O)(=O)NCCC(C)N. The normalized spacial score (nSPS) is 13.4. The van der Waals surface area contributed by atoms with Gasteiger partial charge in [0.1, 0.15) is 0 Å². The number of nitrogens with two attached hydrogens (primary N) is 1. The molecule has 0 rings (SSSR count). The fourth-order valence-electron chi connectivity index (χ4n) is 0.608. The summed E-state index contributed by atoms with van der Waals surface area (Å²) < 4.78 is 29.9. The summed E-state index contributed by atoms with van der Waals surface area (Å²) in [5.74, 6) is 0. The molecule has 0 spiro atoms. The molecule has 0 radical (unpaired) electrons. The molecule has 8 heteroatoms. The zero-order valence-corrected chi connectivity index (χ0v) is 8.93. The highest BCUT2D eigenvalue weighted by Gasteiger charge is 2.13. The van der Waals surface area contributed by atoms with Crippen LogP contribution in [0.1, 0.15) is 13.3 Å². The standard InChI is InChI=1S/C6H15N3O4S/c1-5(7)3-4-8-14(11,12)9-6(10)13-2/h5,8H,3-4,7H2,1-2H3,(H,9,10). The summed E-state index contributed by atoms with van der Waals surface area (Å²) in [6.45, 7) is 1.92. The predicted octanol–water partition coefficient (Wildman–Crippen LogP) is -1.09. The first-order chi connectivity index (χ1) is 6.37. The molecule has 1 amide bonds. The Labute approximate surface area is 83.2 Å². The van der Waals surface area contributed by atoms with Crippen LogP contribution in [0.4, 0.5) is 4.79 Å². The molecule has 0 aromatic heterocycles. The fourth-order valence-corrected chi connectivity index (χ4v) is 1.37. The van der Waals surface area contributed by atoms with Crippen LogP contribution in [0.3, 0.4) is 0 Å². The lowest BCUT2D eigenvalue weighted by Crippen LogP contribution is -2.41. The molecule has 7 nitrogen and oxygen atoms in total. The number of rotatable bonds is 5. The van der Waals surface area contributed by atoms with E-state index < -0.39 is 16.3 Å². The average Bonchev–Trinajstić information content (AvgIpc) is 2.02. The molecule has 0 saturated carbocycles. The molecule has 14 heavy (non-hydrogen) atoms. The van der Waals surface area contributed by atoms with Crippen LogP contribution in [-0.4, -0.2) is 34.2 Å². The van der Waals surface area contributed by atoms with Crippen molar-refractivity contribution in [2.24, 2.45) is 5.73 Å². The zero-order chi connectivity index (χ0) is 11.2. The van der Waals surface area contributed by atoms with Crippen LogP contribution in [0.25, 0.3) is 0 Å². The van der Waals surface area contributed by atoms with E-state index in [0.29, 0.717) is 6.42 Å². The van der Waals surface area contributed by atoms with Gasteiger partial charge in [-0.1, -0.05) is 0 Å². The molecular weight excluding hydrogens is 210 g/mol. The summed E-state index contributed by atoms with van der Waals surface area (Å²) in [5, 5.41) is 0. The average molecular weight is 225 g/mol. The van der Waals surface area contributed by atoms with Gasteiger partial charge in [0, 0.05) is 12.6 Å². The van der Waals surface area contributed by atoms with Crippen LogP contribution < -0.4 is 15.2 Å². The van der Waals surface area contributed by atoms with E-state index in [9.17, 15) is 13.2 Å². The molecule has 0 aliphatic heterocycles. The molecule has 0 aromatic carbocycles. The van der Waals surface area contributed by atoms with Gasteiger partial charge < -0.3 is 10.5 Å². The number of hydrogen-bond donors (Lipinski definition) is 3. The first kappa shape index (κ1) is 13.1. The highest BCUT2D eigenvalue weighted by molar-refractivity contribution is 7.88. The highest BCUT2D eigenvalue weighted by Crippen LogP contribution is 1.85. The molecule has 0 fully saturated rings. The quantitative estimate of drug-likeness (QED) is 0.551. The van der Waals surface area contributed by atoms with E-state index in [1.165, 1.54) is 0 Å². The van der Waals surface area contributed by atoms with Crippen LogP contribution in [-0.2, 0) is 14.9 Å². The molecule has 0 aliphatic carbocycles. The maximum Gasteiger partial charge on any atom is 0.421 e. The Kier molecular flexibility index (Phi) is 5.43. The predicted molar refractivity (Wildman–Crippen MR) is 50.7 cm³/mol. The summed E-state index contributed by atoms with van der Waals surface area (Å²) in [5.41, 5.74) is 5.40. The van der Waals surface area contributed by atoms with Crippen molar-refractivity contribution in [2.45, 2.75) is 19.4 Å². The maximum absolute atomic E-state index is 11.0. The van der Waals surface area contributed by atoms with Crippen molar-refractivity contribution in [3.8, 4) is 0 Å². The van der Waals surface area contributed by atoms with E-state index in [1.54, 1.807) is 11.6 Å². The number of carbonyl (C=O) groups excluding carboxylic acids is 1. The molecule has 0 heterocycles. The third-order valence-electron chi connectivity index (χ3n) is 1.29. The maximum atomic E-state index is 11.0. The second-order valence-corrected chi connectivity index (χ2v) is 4.26. The van der Waals surface area contributed by atoms with Gasteiger partial charge in [-0.25, -0.2) is 9.52 Å². The molecule has 0 saturated heterocycles. The number of hydrogen-bond acceptors (Lipinski definition) is 5. The van der Waals surface area contributed by atoms with Crippen molar-refractivity contribution in [1.29, 1.82) is 0 Å². The molecule has 1 atom stereocenters. The highest BCUT2D eigenvalue weighted by atomic mass is 32.2. The second-order valence-electron chi connectivity index (χ2n) is 2.76. The van der Waals surface area contributed by atoms with E-state index in [2.05, 4.69) is 9.46 Å². The van der Waals surface area contributed by atoms with Crippen molar-refractivity contribution < 1.29 is 17.9 Å². The van der Waals surface area contributed by atoms with Crippen molar-refractivity contribution in [1.82, 2.24) is 9.44 Å². The van der Waals surface area contributed by atoms with Crippen LogP contribution in [0.2, 0.25) is 0 Å². The summed E-state index contributed by atoms with van der Waals surface area (Å²) in [4.78, 5) is 10.5. The van der Waals surface area contributed by atoms with Crippen molar-refractivity contribution in [3.63, 3.8) is 0 Å². The number of methoxy groups -OCH3 is 1.